The second-order valence-corrected chi connectivity index (χ2v) is 6.19. The van der Waals surface area contributed by atoms with E-state index in [2.05, 4.69) is 15.0 Å². The van der Waals surface area contributed by atoms with Crippen molar-refractivity contribution in [1.29, 1.82) is 0 Å². The molecule has 2 rings (SSSR count). The lowest BCUT2D eigenvalue weighted by Crippen LogP contribution is -2.50. The topological polar surface area (TPSA) is 68.3 Å². The van der Waals surface area contributed by atoms with Gasteiger partial charge in [0.2, 0.25) is 0 Å². The van der Waals surface area contributed by atoms with Crippen molar-refractivity contribution in [3.05, 3.63) is 40.2 Å². The molecule has 1 N–H and O–H groups in total. The number of methoxy groups -OCH3 is 1. The Labute approximate surface area is 133 Å². The summed E-state index contributed by atoms with van der Waals surface area (Å²) in [6.07, 6.45) is 0. The first kappa shape index (κ1) is 16.2. The van der Waals surface area contributed by atoms with Crippen molar-refractivity contribution in [1.82, 2.24) is 10.3 Å². The van der Waals surface area contributed by atoms with Crippen LogP contribution in [0.2, 0.25) is 0 Å². The van der Waals surface area contributed by atoms with E-state index in [9.17, 15) is 9.59 Å². The Kier molecular flexibility index (Phi) is 4.61. The molecular formula is C16H18N2O3S. The van der Waals surface area contributed by atoms with Gasteiger partial charge in [0.05, 0.1) is 24.1 Å². The first-order chi connectivity index (χ1) is 10.3. The highest BCUT2D eigenvalue weighted by atomic mass is 32.1. The third-order valence-corrected chi connectivity index (χ3v) is 3.95. The number of amides is 1. The van der Waals surface area contributed by atoms with Crippen LogP contribution in [0.15, 0.2) is 29.0 Å². The molecule has 22 heavy (non-hydrogen) atoms. The van der Waals surface area contributed by atoms with Gasteiger partial charge in [0.25, 0.3) is 5.91 Å². The molecule has 5 nitrogen and oxygen atoms in total. The number of esters is 1. The minimum atomic E-state index is -1.09. The van der Waals surface area contributed by atoms with Gasteiger partial charge in [-0.15, -0.1) is 0 Å². The zero-order valence-corrected chi connectivity index (χ0v) is 13.8. The lowest BCUT2D eigenvalue weighted by Gasteiger charge is -2.23. The summed E-state index contributed by atoms with van der Waals surface area (Å²) in [5.74, 6) is -0.848. The van der Waals surface area contributed by atoms with Gasteiger partial charge in [-0.3, -0.25) is 9.78 Å². The van der Waals surface area contributed by atoms with Crippen molar-refractivity contribution in [2.75, 3.05) is 7.11 Å². The SMILES string of the molecule is COC(=O)C(C)(C)NC(=O)c1ccc(-c2ccsc2)nc1C. The highest BCUT2D eigenvalue weighted by Gasteiger charge is 2.31. The predicted molar refractivity (Wildman–Crippen MR) is 85.8 cm³/mol. The monoisotopic (exact) mass is 318 g/mol. The van der Waals surface area contributed by atoms with Crippen LogP contribution in [0.5, 0.6) is 0 Å². The van der Waals surface area contributed by atoms with Crippen molar-refractivity contribution in [3.63, 3.8) is 0 Å². The van der Waals surface area contributed by atoms with Gasteiger partial charge >= 0.3 is 5.97 Å². The van der Waals surface area contributed by atoms with Gasteiger partial charge in [0.1, 0.15) is 5.54 Å². The van der Waals surface area contributed by atoms with Gasteiger partial charge in [-0.2, -0.15) is 11.3 Å². The number of carbonyl (C=O) groups excluding carboxylic acids is 2. The summed E-state index contributed by atoms with van der Waals surface area (Å²) in [4.78, 5) is 28.4. The van der Waals surface area contributed by atoms with Crippen LogP contribution in [0.1, 0.15) is 29.9 Å². The number of rotatable bonds is 4. The number of hydrogen-bond acceptors (Lipinski definition) is 5. The van der Waals surface area contributed by atoms with E-state index < -0.39 is 11.5 Å². The van der Waals surface area contributed by atoms with E-state index in [-0.39, 0.29) is 5.91 Å². The summed E-state index contributed by atoms with van der Waals surface area (Å²) in [5, 5.41) is 6.65. The number of thiophene rings is 1. The highest BCUT2D eigenvalue weighted by molar-refractivity contribution is 7.08. The minimum absolute atomic E-state index is 0.350. The molecule has 6 heteroatoms. The second kappa shape index (κ2) is 6.27. The number of carbonyl (C=O) groups is 2. The van der Waals surface area contributed by atoms with Gasteiger partial charge in [-0.1, -0.05) is 0 Å². The Morgan fingerprint density at radius 1 is 1.27 bits per heavy atom. The molecule has 0 aliphatic rings. The van der Waals surface area contributed by atoms with Crippen LogP contribution in [0.25, 0.3) is 11.3 Å². The number of nitrogens with zero attached hydrogens (tertiary/aromatic N) is 1. The maximum Gasteiger partial charge on any atom is 0.330 e. The Morgan fingerprint density at radius 3 is 2.55 bits per heavy atom. The van der Waals surface area contributed by atoms with Crippen molar-refractivity contribution >= 4 is 23.2 Å². The van der Waals surface area contributed by atoms with Gasteiger partial charge in [-0.05, 0) is 44.4 Å². The van der Waals surface area contributed by atoms with Crippen molar-refractivity contribution in [3.8, 4) is 11.3 Å². The molecule has 0 fully saturated rings. The van der Waals surface area contributed by atoms with Crippen LogP contribution in [-0.2, 0) is 9.53 Å². The van der Waals surface area contributed by atoms with Crippen LogP contribution < -0.4 is 5.32 Å². The highest BCUT2D eigenvalue weighted by Crippen LogP contribution is 2.21. The van der Waals surface area contributed by atoms with Gasteiger partial charge < -0.3 is 10.1 Å². The fourth-order valence-corrected chi connectivity index (χ4v) is 2.68. The van der Waals surface area contributed by atoms with Crippen LogP contribution >= 0.6 is 11.3 Å². The number of hydrogen-bond donors (Lipinski definition) is 1. The molecule has 2 heterocycles. The molecule has 1 amide bonds. The molecule has 0 aliphatic heterocycles. The predicted octanol–water partition coefficient (Wildman–Crippen LogP) is 2.80. The summed E-state index contributed by atoms with van der Waals surface area (Å²) in [7, 11) is 1.29. The van der Waals surface area contributed by atoms with Crippen molar-refractivity contribution < 1.29 is 14.3 Å². The Hall–Kier alpha value is -2.21. The zero-order valence-electron chi connectivity index (χ0n) is 13.0. The number of pyridine rings is 1. The molecule has 0 atom stereocenters. The Morgan fingerprint density at radius 2 is 2.00 bits per heavy atom. The Balaban J connectivity index is 2.23. The number of nitrogens with one attached hydrogen (secondary N) is 1. The summed E-state index contributed by atoms with van der Waals surface area (Å²) < 4.78 is 4.68. The average molecular weight is 318 g/mol. The zero-order chi connectivity index (χ0) is 16.3. The third-order valence-electron chi connectivity index (χ3n) is 3.27. The minimum Gasteiger partial charge on any atom is -0.467 e. The summed E-state index contributed by atoms with van der Waals surface area (Å²) in [6.45, 7) is 4.97. The van der Waals surface area contributed by atoms with Crippen LogP contribution in [0.4, 0.5) is 0 Å². The van der Waals surface area contributed by atoms with E-state index in [0.29, 0.717) is 11.3 Å². The van der Waals surface area contributed by atoms with E-state index in [0.717, 1.165) is 11.3 Å². The van der Waals surface area contributed by atoms with Gasteiger partial charge in [0.15, 0.2) is 0 Å². The molecule has 116 valence electrons. The summed E-state index contributed by atoms with van der Waals surface area (Å²) in [5.41, 5.74) is 1.81. The van der Waals surface area contributed by atoms with E-state index >= 15 is 0 Å². The number of aryl methyl sites for hydroxylation is 1. The summed E-state index contributed by atoms with van der Waals surface area (Å²) >= 11 is 1.59. The Bertz CT molecular complexity index is 693. The summed E-state index contributed by atoms with van der Waals surface area (Å²) in [6, 6.07) is 5.50. The molecule has 0 bridgehead atoms. The largest absolute Gasteiger partial charge is 0.467 e. The van der Waals surface area contributed by atoms with Crippen molar-refractivity contribution in [2.24, 2.45) is 0 Å². The van der Waals surface area contributed by atoms with Crippen LogP contribution in [-0.4, -0.2) is 29.5 Å². The molecule has 0 saturated heterocycles. The molecule has 2 aromatic heterocycles. The van der Waals surface area contributed by atoms with Crippen LogP contribution in [0, 0.1) is 6.92 Å². The second-order valence-electron chi connectivity index (χ2n) is 5.41. The smallest absolute Gasteiger partial charge is 0.330 e. The van der Waals surface area contributed by atoms with E-state index in [1.807, 2.05) is 16.8 Å². The van der Waals surface area contributed by atoms with Crippen LogP contribution in [0.3, 0.4) is 0 Å². The maximum atomic E-state index is 12.3. The number of aromatic nitrogens is 1. The quantitative estimate of drug-likeness (QED) is 0.880. The average Bonchev–Trinajstić information content (AvgIpc) is 2.99. The molecular weight excluding hydrogens is 300 g/mol. The van der Waals surface area contributed by atoms with Crippen molar-refractivity contribution in [2.45, 2.75) is 26.3 Å². The van der Waals surface area contributed by atoms with Gasteiger partial charge in [0, 0.05) is 10.9 Å². The molecule has 2 aromatic rings. The first-order valence-electron chi connectivity index (χ1n) is 6.76. The molecule has 0 aliphatic carbocycles. The van der Waals surface area contributed by atoms with E-state index in [1.54, 1.807) is 44.2 Å². The fraction of sp³-hybridized carbons (Fsp3) is 0.312. The fourth-order valence-electron chi connectivity index (χ4n) is 2.03. The van der Waals surface area contributed by atoms with E-state index in [1.165, 1.54) is 7.11 Å². The lowest BCUT2D eigenvalue weighted by molar-refractivity contribution is -0.146. The maximum absolute atomic E-state index is 12.3. The third kappa shape index (κ3) is 3.33. The molecule has 0 radical (unpaired) electrons. The molecule has 0 aromatic carbocycles. The molecule has 0 spiro atoms. The van der Waals surface area contributed by atoms with Gasteiger partial charge in [-0.25, -0.2) is 4.79 Å². The molecule has 0 unspecified atom stereocenters. The normalized spacial score (nSPS) is 11.1. The first-order valence-corrected chi connectivity index (χ1v) is 7.70. The van der Waals surface area contributed by atoms with E-state index in [4.69, 9.17) is 0 Å². The lowest BCUT2D eigenvalue weighted by atomic mass is 10.0. The standard InChI is InChI=1S/C16H18N2O3S/c1-10-12(14(19)18-16(2,3)15(20)21-4)5-6-13(17-10)11-7-8-22-9-11/h5-9H,1-4H3,(H,18,19). The number of ether oxygens (including phenoxy) is 1. The molecule has 0 saturated carbocycles.